The summed E-state index contributed by atoms with van der Waals surface area (Å²) in [6.07, 6.45) is 3.96. The van der Waals surface area contributed by atoms with Crippen LogP contribution in [0.15, 0.2) is 54.9 Å². The summed E-state index contributed by atoms with van der Waals surface area (Å²) in [5.74, 6) is 1.30. The second kappa shape index (κ2) is 7.55. The predicted molar refractivity (Wildman–Crippen MR) is 132 cm³/mol. The van der Waals surface area contributed by atoms with E-state index in [1.807, 2.05) is 36.9 Å². The van der Waals surface area contributed by atoms with Gasteiger partial charge in [0.15, 0.2) is 0 Å². The summed E-state index contributed by atoms with van der Waals surface area (Å²) in [7, 11) is 0. The van der Waals surface area contributed by atoms with Gasteiger partial charge < -0.3 is 11.1 Å². The molecule has 2 aliphatic rings. The minimum absolute atomic E-state index is 0.0636. The Hall–Kier alpha value is -3.93. The van der Waals surface area contributed by atoms with Gasteiger partial charge in [-0.3, -0.25) is 9.48 Å². The molecular formula is C28H27N5O. The van der Waals surface area contributed by atoms with Gasteiger partial charge in [-0.2, -0.15) is 5.10 Å². The highest BCUT2D eigenvalue weighted by Crippen LogP contribution is 2.63. The molecule has 2 atom stereocenters. The summed E-state index contributed by atoms with van der Waals surface area (Å²) in [5, 5.41) is 7.46. The summed E-state index contributed by atoms with van der Waals surface area (Å²) in [6, 6.07) is 14.7. The number of hydrogen-bond acceptors (Lipinski definition) is 4. The van der Waals surface area contributed by atoms with E-state index in [0.29, 0.717) is 29.8 Å². The Bertz CT molecular complexity index is 1440. The molecule has 6 heteroatoms. The first kappa shape index (κ1) is 20.7. The van der Waals surface area contributed by atoms with Crippen molar-refractivity contribution in [2.24, 2.45) is 0 Å². The van der Waals surface area contributed by atoms with Crippen molar-refractivity contribution in [3.05, 3.63) is 111 Å². The number of anilines is 1. The van der Waals surface area contributed by atoms with Crippen molar-refractivity contribution >= 4 is 11.7 Å². The quantitative estimate of drug-likeness (QED) is 0.474. The highest BCUT2D eigenvalue weighted by molar-refractivity contribution is 5.95. The number of carbonyl (C=O) groups is 1. The van der Waals surface area contributed by atoms with Gasteiger partial charge in [0.05, 0.1) is 12.7 Å². The fourth-order valence-corrected chi connectivity index (χ4v) is 5.57. The van der Waals surface area contributed by atoms with E-state index in [1.165, 1.54) is 33.4 Å². The Labute approximate surface area is 198 Å². The largest absolute Gasteiger partial charge is 0.384 e. The Morgan fingerprint density at radius 1 is 1.00 bits per heavy atom. The third kappa shape index (κ3) is 3.21. The minimum Gasteiger partial charge on any atom is -0.384 e. The number of amides is 1. The van der Waals surface area contributed by atoms with Crippen LogP contribution >= 0.6 is 0 Å². The molecule has 0 spiro atoms. The van der Waals surface area contributed by atoms with Gasteiger partial charge in [-0.1, -0.05) is 24.3 Å². The molecule has 6 rings (SSSR count). The minimum atomic E-state index is -0.0636. The van der Waals surface area contributed by atoms with Crippen molar-refractivity contribution in [3.8, 4) is 0 Å². The second-order valence-electron chi connectivity index (χ2n) is 9.59. The van der Waals surface area contributed by atoms with Crippen molar-refractivity contribution in [2.45, 2.75) is 45.7 Å². The molecule has 2 aliphatic carbocycles. The van der Waals surface area contributed by atoms with Crippen LogP contribution in [0.25, 0.3) is 0 Å². The van der Waals surface area contributed by atoms with E-state index in [1.54, 1.807) is 0 Å². The van der Waals surface area contributed by atoms with Crippen LogP contribution in [-0.4, -0.2) is 20.7 Å². The van der Waals surface area contributed by atoms with Crippen LogP contribution < -0.4 is 11.1 Å². The van der Waals surface area contributed by atoms with Crippen LogP contribution in [0.3, 0.4) is 0 Å². The van der Waals surface area contributed by atoms with Crippen LogP contribution in [0.1, 0.15) is 72.4 Å². The second-order valence-corrected chi connectivity index (χ2v) is 9.59. The average Bonchev–Trinajstić information content (AvgIpc) is 3.18. The zero-order chi connectivity index (χ0) is 23.6. The number of pyridine rings is 1. The van der Waals surface area contributed by atoms with Gasteiger partial charge in [0.2, 0.25) is 0 Å². The van der Waals surface area contributed by atoms with E-state index in [2.05, 4.69) is 58.9 Å². The molecule has 2 aromatic carbocycles. The molecule has 0 bridgehead atoms. The monoisotopic (exact) mass is 449 g/mol. The fraction of sp³-hybridized carbons (Fsp3) is 0.250. The topological polar surface area (TPSA) is 85.8 Å². The molecule has 2 aromatic heterocycles. The number of nitrogens with two attached hydrogens (primary N) is 1. The van der Waals surface area contributed by atoms with Crippen LogP contribution in [0.2, 0.25) is 0 Å². The number of hydrogen-bond donors (Lipinski definition) is 2. The third-order valence-electron chi connectivity index (χ3n) is 7.28. The number of rotatable bonds is 5. The lowest BCUT2D eigenvalue weighted by Gasteiger charge is -2.50. The molecule has 2 heterocycles. The number of nitrogen functional groups attached to an aromatic ring is 1. The summed E-state index contributed by atoms with van der Waals surface area (Å²) in [4.78, 5) is 17.2. The first-order valence-electron chi connectivity index (χ1n) is 11.7. The Morgan fingerprint density at radius 3 is 2.44 bits per heavy atom. The molecule has 0 fully saturated rings. The van der Waals surface area contributed by atoms with Gasteiger partial charge in [0, 0.05) is 35.8 Å². The molecule has 3 N–H and O–H groups in total. The summed E-state index contributed by atoms with van der Waals surface area (Å²) >= 11 is 0. The lowest BCUT2D eigenvalue weighted by molar-refractivity contribution is 0.0950. The average molecular weight is 450 g/mol. The lowest BCUT2D eigenvalue weighted by atomic mass is 9.52. The Kier molecular flexibility index (Phi) is 4.59. The molecule has 6 nitrogen and oxygen atoms in total. The maximum absolute atomic E-state index is 12.9. The molecule has 0 saturated carbocycles. The number of carbonyl (C=O) groups excluding carboxylic acids is 1. The molecule has 170 valence electrons. The van der Waals surface area contributed by atoms with E-state index in [-0.39, 0.29) is 5.91 Å². The highest BCUT2D eigenvalue weighted by atomic mass is 16.1. The van der Waals surface area contributed by atoms with Gasteiger partial charge in [-0.05, 0) is 83.5 Å². The van der Waals surface area contributed by atoms with Gasteiger partial charge in [-0.15, -0.1) is 0 Å². The Morgan fingerprint density at radius 2 is 1.74 bits per heavy atom. The molecule has 1 amide bonds. The fourth-order valence-electron chi connectivity index (χ4n) is 5.57. The van der Waals surface area contributed by atoms with Crippen LogP contribution in [0, 0.1) is 20.8 Å². The van der Waals surface area contributed by atoms with Crippen LogP contribution in [0.4, 0.5) is 5.82 Å². The third-order valence-corrected chi connectivity index (χ3v) is 7.28. The SMILES string of the molecule is Cc1cnn(Cc2ccc3c(c2)[C@H]2c4ccc(C(=O)NCc5c(C)cc(N)nc5C)cc4C32)c1. The molecule has 0 saturated heterocycles. The smallest absolute Gasteiger partial charge is 0.251 e. The summed E-state index contributed by atoms with van der Waals surface area (Å²) in [6.45, 7) is 7.20. The number of nitrogens with one attached hydrogen (secondary N) is 1. The summed E-state index contributed by atoms with van der Waals surface area (Å²) in [5.41, 5.74) is 17.3. The maximum atomic E-state index is 12.9. The van der Waals surface area contributed by atoms with Crippen molar-refractivity contribution in [2.75, 3.05) is 5.73 Å². The highest BCUT2D eigenvalue weighted by Gasteiger charge is 2.49. The molecular weight excluding hydrogens is 422 g/mol. The molecule has 4 aromatic rings. The standard InChI is InChI=1S/C28H27N5O/c1-15-11-31-33(13-15)14-18-4-6-20-22(9-18)26-21-7-5-19(10-23(21)27(20)26)28(34)30-12-24-16(2)8-25(29)32-17(24)3/h4-11,13,26-27H,12,14H2,1-3H3,(H2,29,32)(H,30,34)/t26-,27?/m1/s1. The maximum Gasteiger partial charge on any atom is 0.251 e. The Balaban J connectivity index is 1.17. The number of nitrogens with zero attached hydrogens (tertiary/aromatic N) is 3. The summed E-state index contributed by atoms with van der Waals surface area (Å²) < 4.78 is 1.98. The number of benzene rings is 2. The predicted octanol–water partition coefficient (Wildman–Crippen LogP) is 4.35. The van der Waals surface area contributed by atoms with E-state index in [0.717, 1.165) is 23.4 Å². The van der Waals surface area contributed by atoms with Crippen molar-refractivity contribution < 1.29 is 4.79 Å². The number of fused-ring (bicyclic) bond motifs is 7. The lowest BCUT2D eigenvalue weighted by Crippen LogP contribution is -2.36. The number of aromatic nitrogens is 3. The van der Waals surface area contributed by atoms with Crippen LogP contribution in [0.5, 0.6) is 0 Å². The molecule has 34 heavy (non-hydrogen) atoms. The zero-order valence-corrected chi connectivity index (χ0v) is 19.6. The van der Waals surface area contributed by atoms with Gasteiger partial charge >= 0.3 is 0 Å². The number of aryl methyl sites for hydroxylation is 3. The first-order valence-corrected chi connectivity index (χ1v) is 11.7. The van der Waals surface area contributed by atoms with E-state index in [4.69, 9.17) is 5.73 Å². The molecule has 0 aliphatic heterocycles. The van der Waals surface area contributed by atoms with Crippen molar-refractivity contribution in [3.63, 3.8) is 0 Å². The van der Waals surface area contributed by atoms with Gasteiger partial charge in [0.1, 0.15) is 5.82 Å². The van der Waals surface area contributed by atoms with E-state index >= 15 is 0 Å². The van der Waals surface area contributed by atoms with E-state index in [9.17, 15) is 4.79 Å². The van der Waals surface area contributed by atoms with Gasteiger partial charge in [-0.25, -0.2) is 4.98 Å². The van der Waals surface area contributed by atoms with Gasteiger partial charge in [0.25, 0.3) is 5.91 Å². The first-order chi connectivity index (χ1) is 16.4. The van der Waals surface area contributed by atoms with Crippen LogP contribution in [-0.2, 0) is 13.1 Å². The van der Waals surface area contributed by atoms with Crippen molar-refractivity contribution in [1.82, 2.24) is 20.1 Å². The molecule has 0 radical (unpaired) electrons. The normalized spacial score (nSPS) is 17.1. The van der Waals surface area contributed by atoms with Crippen molar-refractivity contribution in [1.29, 1.82) is 0 Å². The molecule has 1 unspecified atom stereocenters. The van der Waals surface area contributed by atoms with E-state index < -0.39 is 0 Å². The zero-order valence-electron chi connectivity index (χ0n) is 19.6.